The summed E-state index contributed by atoms with van der Waals surface area (Å²) in [5.41, 5.74) is 9.48. The molecule has 2 N–H and O–H groups in total. The molecule has 4 heteroatoms. The monoisotopic (exact) mass is 264 g/mol. The molecule has 0 aliphatic carbocycles. The van der Waals surface area contributed by atoms with E-state index in [0.717, 1.165) is 27.9 Å². The summed E-state index contributed by atoms with van der Waals surface area (Å²) in [5.74, 6) is 0.637. The standard InChI is InChI=1S/C16H16N4/c1-10(17)13-9-18-16(19-11(13)2)15-8-7-12-5-3-4-6-14(12)20-15/h3-10H,17H2,1-2H3/t10-/m0/s1. The van der Waals surface area contributed by atoms with Gasteiger partial charge in [-0.1, -0.05) is 24.3 Å². The number of aromatic nitrogens is 3. The van der Waals surface area contributed by atoms with E-state index in [2.05, 4.69) is 15.0 Å². The molecule has 0 saturated heterocycles. The summed E-state index contributed by atoms with van der Waals surface area (Å²) in [4.78, 5) is 13.5. The summed E-state index contributed by atoms with van der Waals surface area (Å²) in [7, 11) is 0. The van der Waals surface area contributed by atoms with Crippen molar-refractivity contribution in [3.05, 3.63) is 53.9 Å². The van der Waals surface area contributed by atoms with Gasteiger partial charge in [-0.3, -0.25) is 0 Å². The van der Waals surface area contributed by atoms with E-state index in [1.807, 2.05) is 50.2 Å². The molecule has 3 rings (SSSR count). The fourth-order valence-electron chi connectivity index (χ4n) is 2.24. The second-order valence-electron chi connectivity index (χ2n) is 4.91. The molecule has 100 valence electrons. The Labute approximate surface area is 117 Å². The predicted molar refractivity (Wildman–Crippen MR) is 80.1 cm³/mol. The lowest BCUT2D eigenvalue weighted by molar-refractivity contribution is 0.790. The zero-order valence-electron chi connectivity index (χ0n) is 11.5. The Morgan fingerprint density at radius 1 is 1.05 bits per heavy atom. The van der Waals surface area contributed by atoms with E-state index in [-0.39, 0.29) is 6.04 Å². The minimum absolute atomic E-state index is 0.0615. The maximum Gasteiger partial charge on any atom is 0.178 e. The number of fused-ring (bicyclic) bond motifs is 1. The highest BCUT2D eigenvalue weighted by Crippen LogP contribution is 2.20. The maximum absolute atomic E-state index is 5.88. The van der Waals surface area contributed by atoms with E-state index < -0.39 is 0 Å². The second kappa shape index (κ2) is 4.98. The van der Waals surface area contributed by atoms with Crippen molar-refractivity contribution in [2.24, 2.45) is 5.73 Å². The van der Waals surface area contributed by atoms with Gasteiger partial charge in [-0.05, 0) is 26.0 Å². The quantitative estimate of drug-likeness (QED) is 0.772. The smallest absolute Gasteiger partial charge is 0.178 e. The number of hydrogen-bond donors (Lipinski definition) is 1. The summed E-state index contributed by atoms with van der Waals surface area (Å²) in [5, 5.41) is 1.11. The fourth-order valence-corrected chi connectivity index (χ4v) is 2.24. The predicted octanol–water partition coefficient (Wildman–Crippen LogP) is 3.02. The van der Waals surface area contributed by atoms with Crippen molar-refractivity contribution in [2.75, 3.05) is 0 Å². The van der Waals surface area contributed by atoms with Crippen LogP contribution in [-0.4, -0.2) is 15.0 Å². The van der Waals surface area contributed by atoms with E-state index in [4.69, 9.17) is 5.73 Å². The first-order chi connectivity index (χ1) is 9.65. The van der Waals surface area contributed by atoms with Gasteiger partial charge < -0.3 is 5.73 Å². The third-order valence-corrected chi connectivity index (χ3v) is 3.34. The number of benzene rings is 1. The minimum Gasteiger partial charge on any atom is -0.324 e. The zero-order valence-corrected chi connectivity index (χ0v) is 11.5. The van der Waals surface area contributed by atoms with Crippen LogP contribution in [-0.2, 0) is 0 Å². The van der Waals surface area contributed by atoms with Crippen LogP contribution in [0.2, 0.25) is 0 Å². The number of nitrogens with two attached hydrogens (primary N) is 1. The summed E-state index contributed by atoms with van der Waals surface area (Å²) in [6.07, 6.45) is 1.79. The number of pyridine rings is 1. The molecule has 2 heterocycles. The van der Waals surface area contributed by atoms with Crippen LogP contribution in [0.15, 0.2) is 42.6 Å². The second-order valence-corrected chi connectivity index (χ2v) is 4.91. The summed E-state index contributed by atoms with van der Waals surface area (Å²) < 4.78 is 0. The van der Waals surface area contributed by atoms with Gasteiger partial charge in [0.2, 0.25) is 0 Å². The largest absolute Gasteiger partial charge is 0.324 e. The molecule has 3 aromatic rings. The van der Waals surface area contributed by atoms with Crippen molar-refractivity contribution in [3.8, 4) is 11.5 Å². The first-order valence-corrected chi connectivity index (χ1v) is 6.60. The Morgan fingerprint density at radius 2 is 1.85 bits per heavy atom. The molecule has 1 aromatic carbocycles. The Hall–Kier alpha value is -2.33. The van der Waals surface area contributed by atoms with Crippen LogP contribution in [0.25, 0.3) is 22.4 Å². The van der Waals surface area contributed by atoms with Crippen LogP contribution >= 0.6 is 0 Å². The van der Waals surface area contributed by atoms with E-state index in [1.165, 1.54) is 0 Å². The summed E-state index contributed by atoms with van der Waals surface area (Å²) in [6, 6.07) is 11.9. The number of rotatable bonds is 2. The van der Waals surface area contributed by atoms with E-state index in [0.29, 0.717) is 5.82 Å². The molecule has 0 spiro atoms. The Bertz CT molecular complexity index is 765. The van der Waals surface area contributed by atoms with Crippen LogP contribution in [0, 0.1) is 6.92 Å². The third-order valence-electron chi connectivity index (χ3n) is 3.34. The van der Waals surface area contributed by atoms with Gasteiger partial charge in [-0.15, -0.1) is 0 Å². The lowest BCUT2D eigenvalue weighted by Crippen LogP contribution is -2.09. The van der Waals surface area contributed by atoms with Gasteiger partial charge in [0.15, 0.2) is 5.82 Å². The number of aryl methyl sites for hydroxylation is 1. The van der Waals surface area contributed by atoms with Crippen molar-refractivity contribution < 1.29 is 0 Å². The average Bonchev–Trinajstić information content (AvgIpc) is 2.46. The molecule has 0 fully saturated rings. The highest BCUT2D eigenvalue weighted by molar-refractivity contribution is 5.80. The van der Waals surface area contributed by atoms with Crippen LogP contribution in [0.4, 0.5) is 0 Å². The van der Waals surface area contributed by atoms with Crippen molar-refractivity contribution in [1.29, 1.82) is 0 Å². The Balaban J connectivity index is 2.08. The van der Waals surface area contributed by atoms with Crippen molar-refractivity contribution in [1.82, 2.24) is 15.0 Å². The van der Waals surface area contributed by atoms with Gasteiger partial charge in [0.05, 0.1) is 5.52 Å². The van der Waals surface area contributed by atoms with Crippen LogP contribution in [0.5, 0.6) is 0 Å². The molecular formula is C16H16N4. The highest BCUT2D eigenvalue weighted by Gasteiger charge is 2.09. The molecule has 0 amide bonds. The van der Waals surface area contributed by atoms with E-state index in [9.17, 15) is 0 Å². The van der Waals surface area contributed by atoms with Crippen LogP contribution in [0.1, 0.15) is 24.2 Å². The zero-order chi connectivity index (χ0) is 14.1. The highest BCUT2D eigenvalue weighted by atomic mass is 14.9. The lowest BCUT2D eigenvalue weighted by Gasteiger charge is -2.09. The molecule has 0 unspecified atom stereocenters. The van der Waals surface area contributed by atoms with Gasteiger partial charge in [0.25, 0.3) is 0 Å². The van der Waals surface area contributed by atoms with Gasteiger partial charge in [0.1, 0.15) is 5.69 Å². The first-order valence-electron chi connectivity index (χ1n) is 6.60. The van der Waals surface area contributed by atoms with Crippen LogP contribution < -0.4 is 5.73 Å². The molecule has 20 heavy (non-hydrogen) atoms. The normalized spacial score (nSPS) is 12.6. The molecule has 0 aliphatic rings. The van der Waals surface area contributed by atoms with Gasteiger partial charge >= 0.3 is 0 Å². The minimum atomic E-state index is -0.0615. The lowest BCUT2D eigenvalue weighted by atomic mass is 10.1. The van der Waals surface area contributed by atoms with Crippen LogP contribution in [0.3, 0.4) is 0 Å². The first kappa shape index (κ1) is 12.7. The van der Waals surface area contributed by atoms with Crippen molar-refractivity contribution in [3.63, 3.8) is 0 Å². The van der Waals surface area contributed by atoms with Gasteiger partial charge in [0, 0.05) is 28.9 Å². The van der Waals surface area contributed by atoms with Crippen molar-refractivity contribution >= 4 is 10.9 Å². The molecule has 1 atom stereocenters. The SMILES string of the molecule is Cc1nc(-c2ccc3ccccc3n2)ncc1[C@H](C)N. The third kappa shape index (κ3) is 2.26. The molecule has 4 nitrogen and oxygen atoms in total. The van der Waals surface area contributed by atoms with Gasteiger partial charge in [-0.2, -0.15) is 0 Å². The Kier molecular flexibility index (Phi) is 3.16. The average molecular weight is 264 g/mol. The van der Waals surface area contributed by atoms with Crippen molar-refractivity contribution in [2.45, 2.75) is 19.9 Å². The molecule has 0 bridgehead atoms. The topological polar surface area (TPSA) is 64.7 Å². The number of nitrogens with zero attached hydrogens (tertiary/aromatic N) is 3. The van der Waals surface area contributed by atoms with Gasteiger partial charge in [-0.25, -0.2) is 15.0 Å². The summed E-state index contributed by atoms with van der Waals surface area (Å²) in [6.45, 7) is 3.88. The molecule has 2 aromatic heterocycles. The number of hydrogen-bond acceptors (Lipinski definition) is 4. The molecule has 0 saturated carbocycles. The van der Waals surface area contributed by atoms with E-state index >= 15 is 0 Å². The summed E-state index contributed by atoms with van der Waals surface area (Å²) >= 11 is 0. The molecule has 0 aliphatic heterocycles. The molecule has 0 radical (unpaired) electrons. The Morgan fingerprint density at radius 3 is 2.60 bits per heavy atom. The number of para-hydroxylation sites is 1. The maximum atomic E-state index is 5.88. The van der Waals surface area contributed by atoms with E-state index in [1.54, 1.807) is 6.20 Å². The molecular weight excluding hydrogens is 248 g/mol. The fraction of sp³-hybridized carbons (Fsp3) is 0.188.